The molecule has 17 heavy (non-hydrogen) atoms. The van der Waals surface area contributed by atoms with Crippen LogP contribution < -0.4 is 5.32 Å². The van der Waals surface area contributed by atoms with Gasteiger partial charge in [-0.3, -0.25) is 0 Å². The molecule has 3 heteroatoms. The lowest BCUT2D eigenvalue weighted by Gasteiger charge is -2.09. The maximum Gasteiger partial charge on any atom is 0.0518 e. The Morgan fingerprint density at radius 1 is 1.35 bits per heavy atom. The second-order valence-electron chi connectivity index (χ2n) is 4.54. The highest BCUT2D eigenvalue weighted by atomic mass is 79.9. The fourth-order valence-corrected chi connectivity index (χ4v) is 2.17. The Morgan fingerprint density at radius 2 is 2.12 bits per heavy atom. The Morgan fingerprint density at radius 3 is 2.76 bits per heavy atom. The smallest absolute Gasteiger partial charge is 0.0518 e. The maximum atomic E-state index is 5.48. The fourth-order valence-electron chi connectivity index (χ4n) is 1.53. The van der Waals surface area contributed by atoms with E-state index >= 15 is 0 Å². The summed E-state index contributed by atoms with van der Waals surface area (Å²) < 4.78 is 6.67. The molecular formula is C14H22BrNO. The number of aryl methyl sites for hydroxylation is 1. The second kappa shape index (κ2) is 7.85. The quantitative estimate of drug-likeness (QED) is 0.776. The Kier molecular flexibility index (Phi) is 6.78. The van der Waals surface area contributed by atoms with Gasteiger partial charge < -0.3 is 10.1 Å². The standard InChI is InChI=1S/C14H22BrNO/c1-11(2)17-8-4-7-16-10-13-6-5-12(3)9-14(13)15/h5-6,9,11,16H,4,7-8,10H2,1-3H3. The lowest BCUT2D eigenvalue weighted by molar-refractivity contribution is 0.0770. The minimum absolute atomic E-state index is 0.334. The van der Waals surface area contributed by atoms with Crippen LogP contribution in [0.15, 0.2) is 22.7 Å². The van der Waals surface area contributed by atoms with Gasteiger partial charge in [0.25, 0.3) is 0 Å². The lowest BCUT2D eigenvalue weighted by Crippen LogP contribution is -2.17. The molecule has 1 aromatic carbocycles. The molecule has 2 nitrogen and oxygen atoms in total. The Balaban J connectivity index is 2.18. The van der Waals surface area contributed by atoms with E-state index in [0.29, 0.717) is 6.10 Å². The van der Waals surface area contributed by atoms with Crippen LogP contribution in [0, 0.1) is 6.92 Å². The molecule has 0 atom stereocenters. The summed E-state index contributed by atoms with van der Waals surface area (Å²) in [5, 5.41) is 3.43. The van der Waals surface area contributed by atoms with Gasteiger partial charge in [-0.2, -0.15) is 0 Å². The first-order valence-corrected chi connectivity index (χ1v) is 6.96. The molecule has 0 spiro atoms. The van der Waals surface area contributed by atoms with E-state index in [1.165, 1.54) is 15.6 Å². The molecule has 1 rings (SSSR count). The van der Waals surface area contributed by atoms with Crippen LogP contribution in [-0.2, 0) is 11.3 Å². The van der Waals surface area contributed by atoms with Crippen molar-refractivity contribution in [3.8, 4) is 0 Å². The van der Waals surface area contributed by atoms with Crippen molar-refractivity contribution in [2.24, 2.45) is 0 Å². The van der Waals surface area contributed by atoms with Crippen LogP contribution in [0.25, 0.3) is 0 Å². The number of rotatable bonds is 7. The Labute approximate surface area is 113 Å². The van der Waals surface area contributed by atoms with E-state index in [2.05, 4.69) is 60.2 Å². The highest BCUT2D eigenvalue weighted by molar-refractivity contribution is 9.10. The molecule has 0 aliphatic rings. The van der Waals surface area contributed by atoms with Crippen molar-refractivity contribution in [3.05, 3.63) is 33.8 Å². The van der Waals surface area contributed by atoms with E-state index in [-0.39, 0.29) is 0 Å². The predicted octanol–water partition coefficient (Wildman–Crippen LogP) is 3.66. The van der Waals surface area contributed by atoms with Gasteiger partial charge in [-0.15, -0.1) is 0 Å². The summed E-state index contributed by atoms with van der Waals surface area (Å²) in [7, 11) is 0. The van der Waals surface area contributed by atoms with Crippen LogP contribution in [0.4, 0.5) is 0 Å². The van der Waals surface area contributed by atoms with Gasteiger partial charge >= 0.3 is 0 Å². The molecule has 0 aromatic heterocycles. The van der Waals surface area contributed by atoms with E-state index in [9.17, 15) is 0 Å². The molecule has 0 radical (unpaired) electrons. The summed E-state index contributed by atoms with van der Waals surface area (Å²) in [5.74, 6) is 0. The molecule has 0 unspecified atom stereocenters. The van der Waals surface area contributed by atoms with Gasteiger partial charge in [0.15, 0.2) is 0 Å². The lowest BCUT2D eigenvalue weighted by atomic mass is 10.1. The number of nitrogens with one attached hydrogen (secondary N) is 1. The molecule has 1 N–H and O–H groups in total. The molecule has 0 saturated carbocycles. The molecule has 96 valence electrons. The fraction of sp³-hybridized carbons (Fsp3) is 0.571. The van der Waals surface area contributed by atoms with E-state index in [1.54, 1.807) is 0 Å². The first kappa shape index (κ1) is 14.7. The van der Waals surface area contributed by atoms with Crippen LogP contribution in [0.1, 0.15) is 31.4 Å². The van der Waals surface area contributed by atoms with Crippen molar-refractivity contribution in [1.82, 2.24) is 5.32 Å². The van der Waals surface area contributed by atoms with Gasteiger partial charge in [0.05, 0.1) is 6.10 Å². The highest BCUT2D eigenvalue weighted by Gasteiger charge is 1.99. The number of hydrogen-bond donors (Lipinski definition) is 1. The Bertz CT molecular complexity index is 339. The van der Waals surface area contributed by atoms with E-state index in [0.717, 1.165) is 26.1 Å². The molecule has 0 fully saturated rings. The summed E-state index contributed by atoms with van der Waals surface area (Å²) in [5.41, 5.74) is 2.59. The summed E-state index contributed by atoms with van der Waals surface area (Å²) >= 11 is 3.58. The van der Waals surface area contributed by atoms with Crippen LogP contribution in [0.2, 0.25) is 0 Å². The third kappa shape index (κ3) is 6.20. The molecule has 1 aromatic rings. The normalized spacial score (nSPS) is 11.1. The summed E-state index contributed by atoms with van der Waals surface area (Å²) in [6, 6.07) is 6.46. The largest absolute Gasteiger partial charge is 0.379 e. The molecule has 0 aliphatic carbocycles. The van der Waals surface area contributed by atoms with Gasteiger partial charge in [0, 0.05) is 17.6 Å². The third-order valence-electron chi connectivity index (χ3n) is 2.47. The van der Waals surface area contributed by atoms with E-state index in [1.807, 2.05) is 0 Å². The second-order valence-corrected chi connectivity index (χ2v) is 5.40. The monoisotopic (exact) mass is 299 g/mol. The number of benzene rings is 1. The van der Waals surface area contributed by atoms with Crippen molar-refractivity contribution < 1.29 is 4.74 Å². The van der Waals surface area contributed by atoms with Crippen molar-refractivity contribution in [2.75, 3.05) is 13.2 Å². The number of hydrogen-bond acceptors (Lipinski definition) is 2. The average molecular weight is 300 g/mol. The van der Waals surface area contributed by atoms with Gasteiger partial charge in [-0.1, -0.05) is 28.1 Å². The molecule has 0 heterocycles. The van der Waals surface area contributed by atoms with Crippen LogP contribution >= 0.6 is 15.9 Å². The zero-order valence-electron chi connectivity index (χ0n) is 10.9. The van der Waals surface area contributed by atoms with Crippen molar-refractivity contribution in [3.63, 3.8) is 0 Å². The molecule has 0 aliphatic heterocycles. The summed E-state index contributed by atoms with van der Waals surface area (Å²) in [6.45, 7) is 8.97. The average Bonchev–Trinajstić information content (AvgIpc) is 2.25. The molecule has 0 amide bonds. The van der Waals surface area contributed by atoms with Gasteiger partial charge in [0.2, 0.25) is 0 Å². The van der Waals surface area contributed by atoms with Crippen molar-refractivity contribution in [2.45, 2.75) is 39.8 Å². The minimum Gasteiger partial charge on any atom is -0.379 e. The summed E-state index contributed by atoms with van der Waals surface area (Å²) in [4.78, 5) is 0. The SMILES string of the molecule is Cc1ccc(CNCCCOC(C)C)c(Br)c1. The first-order chi connectivity index (χ1) is 8.09. The van der Waals surface area contributed by atoms with Crippen molar-refractivity contribution in [1.29, 1.82) is 0 Å². The molecule has 0 bridgehead atoms. The summed E-state index contributed by atoms with van der Waals surface area (Å²) in [6.07, 6.45) is 1.39. The van der Waals surface area contributed by atoms with E-state index in [4.69, 9.17) is 4.74 Å². The zero-order valence-corrected chi connectivity index (χ0v) is 12.5. The Hall–Kier alpha value is -0.380. The number of ether oxygens (including phenoxy) is 1. The van der Waals surface area contributed by atoms with Crippen LogP contribution in [0.3, 0.4) is 0 Å². The maximum absolute atomic E-state index is 5.48. The number of halogens is 1. The molecular weight excluding hydrogens is 278 g/mol. The van der Waals surface area contributed by atoms with Crippen molar-refractivity contribution >= 4 is 15.9 Å². The third-order valence-corrected chi connectivity index (χ3v) is 3.21. The predicted molar refractivity (Wildman–Crippen MR) is 76.3 cm³/mol. The van der Waals surface area contributed by atoms with Gasteiger partial charge in [-0.25, -0.2) is 0 Å². The van der Waals surface area contributed by atoms with Gasteiger partial charge in [0.1, 0.15) is 0 Å². The highest BCUT2D eigenvalue weighted by Crippen LogP contribution is 2.17. The van der Waals surface area contributed by atoms with Crippen LogP contribution in [-0.4, -0.2) is 19.3 Å². The zero-order chi connectivity index (χ0) is 12.7. The first-order valence-electron chi connectivity index (χ1n) is 6.17. The molecule has 0 saturated heterocycles. The minimum atomic E-state index is 0.334. The van der Waals surface area contributed by atoms with Gasteiger partial charge in [-0.05, 0) is 50.9 Å². The topological polar surface area (TPSA) is 21.3 Å². The van der Waals surface area contributed by atoms with Crippen LogP contribution in [0.5, 0.6) is 0 Å². The van der Waals surface area contributed by atoms with E-state index < -0.39 is 0 Å².